The molecule has 0 aliphatic carbocycles. The third-order valence-electron chi connectivity index (χ3n) is 1.96. The molecule has 5 nitrogen and oxygen atoms in total. The van der Waals surface area contributed by atoms with Crippen molar-refractivity contribution in [2.24, 2.45) is 0 Å². The van der Waals surface area contributed by atoms with Gasteiger partial charge in [0.1, 0.15) is 12.1 Å². The van der Waals surface area contributed by atoms with Crippen LogP contribution in [0.3, 0.4) is 0 Å². The SMILES string of the molecule is CCCNC(=O)CN(C)c1ncncc1Br. The number of hydrogen-bond donors (Lipinski definition) is 1. The Morgan fingerprint density at radius 1 is 1.62 bits per heavy atom. The van der Waals surface area contributed by atoms with E-state index < -0.39 is 0 Å². The summed E-state index contributed by atoms with van der Waals surface area (Å²) in [5, 5.41) is 2.81. The lowest BCUT2D eigenvalue weighted by atomic mass is 10.4. The van der Waals surface area contributed by atoms with Gasteiger partial charge in [-0.1, -0.05) is 6.92 Å². The maximum Gasteiger partial charge on any atom is 0.239 e. The summed E-state index contributed by atoms with van der Waals surface area (Å²) in [4.78, 5) is 21.2. The highest BCUT2D eigenvalue weighted by Crippen LogP contribution is 2.20. The monoisotopic (exact) mass is 286 g/mol. The van der Waals surface area contributed by atoms with Gasteiger partial charge in [0.25, 0.3) is 0 Å². The fraction of sp³-hybridized carbons (Fsp3) is 0.500. The van der Waals surface area contributed by atoms with Gasteiger partial charge in [-0.3, -0.25) is 4.79 Å². The predicted octanol–water partition coefficient (Wildman–Crippen LogP) is 1.20. The summed E-state index contributed by atoms with van der Waals surface area (Å²) in [6.45, 7) is 3.01. The Labute approximate surface area is 103 Å². The zero-order chi connectivity index (χ0) is 12.0. The first-order valence-corrected chi connectivity index (χ1v) is 5.87. The van der Waals surface area contributed by atoms with E-state index >= 15 is 0 Å². The highest BCUT2D eigenvalue weighted by molar-refractivity contribution is 9.10. The van der Waals surface area contributed by atoms with Crippen molar-refractivity contribution >= 4 is 27.7 Å². The topological polar surface area (TPSA) is 58.1 Å². The van der Waals surface area contributed by atoms with Gasteiger partial charge >= 0.3 is 0 Å². The number of halogens is 1. The fourth-order valence-electron chi connectivity index (χ4n) is 1.20. The number of hydrogen-bond acceptors (Lipinski definition) is 4. The van der Waals surface area contributed by atoms with Gasteiger partial charge in [0.15, 0.2) is 0 Å². The molecule has 1 heterocycles. The molecule has 6 heteroatoms. The second kappa shape index (κ2) is 6.42. The lowest BCUT2D eigenvalue weighted by Crippen LogP contribution is -2.36. The number of nitrogens with one attached hydrogen (secondary N) is 1. The lowest BCUT2D eigenvalue weighted by Gasteiger charge is -2.18. The minimum atomic E-state index is -0.00476. The zero-order valence-electron chi connectivity index (χ0n) is 9.40. The van der Waals surface area contributed by atoms with E-state index in [0.29, 0.717) is 12.4 Å². The average molecular weight is 287 g/mol. The first-order chi connectivity index (χ1) is 7.65. The maximum atomic E-state index is 11.5. The summed E-state index contributed by atoms with van der Waals surface area (Å²) in [6.07, 6.45) is 4.05. The van der Waals surface area contributed by atoms with Gasteiger partial charge in [-0.25, -0.2) is 9.97 Å². The Hall–Kier alpha value is -1.17. The summed E-state index contributed by atoms with van der Waals surface area (Å²) < 4.78 is 0.779. The van der Waals surface area contributed by atoms with Crippen LogP contribution in [-0.4, -0.2) is 36.0 Å². The Bertz CT molecular complexity index is 358. The fourth-order valence-corrected chi connectivity index (χ4v) is 1.72. The molecule has 0 fully saturated rings. The molecule has 1 aromatic rings. The van der Waals surface area contributed by atoms with Crippen LogP contribution in [0, 0.1) is 0 Å². The minimum Gasteiger partial charge on any atom is -0.355 e. The predicted molar refractivity (Wildman–Crippen MR) is 66.3 cm³/mol. The molecule has 0 bridgehead atoms. The zero-order valence-corrected chi connectivity index (χ0v) is 11.0. The smallest absolute Gasteiger partial charge is 0.239 e. The normalized spacial score (nSPS) is 9.94. The molecule has 1 rings (SSSR count). The van der Waals surface area contributed by atoms with Crippen molar-refractivity contribution in [2.75, 3.05) is 25.0 Å². The number of aromatic nitrogens is 2. The molecule has 1 amide bonds. The van der Waals surface area contributed by atoms with E-state index in [0.717, 1.165) is 10.9 Å². The van der Waals surface area contributed by atoms with E-state index in [-0.39, 0.29) is 12.5 Å². The molecule has 1 aromatic heterocycles. The summed E-state index contributed by atoms with van der Waals surface area (Å²) in [5.41, 5.74) is 0. The highest BCUT2D eigenvalue weighted by Gasteiger charge is 2.10. The van der Waals surface area contributed by atoms with Crippen LogP contribution < -0.4 is 10.2 Å². The molecule has 0 saturated heterocycles. The largest absolute Gasteiger partial charge is 0.355 e. The molecule has 1 N–H and O–H groups in total. The quantitative estimate of drug-likeness (QED) is 0.884. The van der Waals surface area contributed by atoms with Gasteiger partial charge in [-0.05, 0) is 22.4 Å². The second-order valence-electron chi connectivity index (χ2n) is 3.40. The van der Waals surface area contributed by atoms with Crippen molar-refractivity contribution in [1.82, 2.24) is 15.3 Å². The Balaban J connectivity index is 2.55. The summed E-state index contributed by atoms with van der Waals surface area (Å²) in [6, 6.07) is 0. The summed E-state index contributed by atoms with van der Waals surface area (Å²) in [7, 11) is 1.82. The van der Waals surface area contributed by atoms with Crippen LogP contribution in [0.15, 0.2) is 17.0 Å². The molecular formula is C10H15BrN4O. The lowest BCUT2D eigenvalue weighted by molar-refractivity contribution is -0.119. The molecule has 0 unspecified atom stereocenters. The van der Waals surface area contributed by atoms with Crippen molar-refractivity contribution in [3.8, 4) is 0 Å². The number of likely N-dealkylation sites (N-methyl/N-ethyl adjacent to an activating group) is 1. The van der Waals surface area contributed by atoms with E-state index in [1.165, 1.54) is 6.33 Å². The van der Waals surface area contributed by atoms with Gasteiger partial charge in [0, 0.05) is 19.8 Å². The number of carbonyl (C=O) groups is 1. The van der Waals surface area contributed by atoms with Crippen LogP contribution in [0.1, 0.15) is 13.3 Å². The van der Waals surface area contributed by atoms with Crippen LogP contribution in [0.25, 0.3) is 0 Å². The number of rotatable bonds is 5. The summed E-state index contributed by atoms with van der Waals surface area (Å²) >= 11 is 3.34. The summed E-state index contributed by atoms with van der Waals surface area (Å²) in [5.74, 6) is 0.705. The molecule has 0 aromatic carbocycles. The van der Waals surface area contributed by atoms with Gasteiger partial charge in [0.2, 0.25) is 5.91 Å². The molecule has 0 aliphatic heterocycles. The highest BCUT2D eigenvalue weighted by atomic mass is 79.9. The molecular weight excluding hydrogens is 272 g/mol. The third-order valence-corrected chi connectivity index (χ3v) is 2.52. The van der Waals surface area contributed by atoms with Crippen LogP contribution in [-0.2, 0) is 4.79 Å². The Morgan fingerprint density at radius 2 is 2.38 bits per heavy atom. The molecule has 16 heavy (non-hydrogen) atoms. The minimum absolute atomic E-state index is 0.00476. The number of nitrogens with zero attached hydrogens (tertiary/aromatic N) is 3. The van der Waals surface area contributed by atoms with Crippen molar-refractivity contribution in [2.45, 2.75) is 13.3 Å². The van der Waals surface area contributed by atoms with Gasteiger partial charge in [-0.15, -0.1) is 0 Å². The molecule has 0 atom stereocenters. The average Bonchev–Trinajstić information content (AvgIpc) is 2.26. The first kappa shape index (κ1) is 12.9. The van der Waals surface area contributed by atoms with Crippen LogP contribution >= 0.6 is 15.9 Å². The Morgan fingerprint density at radius 3 is 3.00 bits per heavy atom. The molecule has 0 saturated carbocycles. The standard InChI is InChI=1S/C10H15BrN4O/c1-3-4-13-9(16)6-15(2)10-8(11)5-12-7-14-10/h5,7H,3-4,6H2,1-2H3,(H,13,16). The number of carbonyl (C=O) groups excluding carboxylic acids is 1. The van der Waals surface area contributed by atoms with Gasteiger partial charge in [-0.2, -0.15) is 0 Å². The second-order valence-corrected chi connectivity index (χ2v) is 4.25. The number of anilines is 1. The third kappa shape index (κ3) is 3.77. The molecule has 0 radical (unpaired) electrons. The van der Waals surface area contributed by atoms with E-state index in [2.05, 4.69) is 31.2 Å². The van der Waals surface area contributed by atoms with Gasteiger partial charge < -0.3 is 10.2 Å². The van der Waals surface area contributed by atoms with E-state index in [4.69, 9.17) is 0 Å². The number of amides is 1. The van der Waals surface area contributed by atoms with Crippen molar-refractivity contribution in [3.63, 3.8) is 0 Å². The van der Waals surface area contributed by atoms with Crippen molar-refractivity contribution in [3.05, 3.63) is 17.0 Å². The van der Waals surface area contributed by atoms with E-state index in [1.807, 2.05) is 14.0 Å². The Kier molecular flexibility index (Phi) is 5.18. The van der Waals surface area contributed by atoms with Crippen LogP contribution in [0.2, 0.25) is 0 Å². The van der Waals surface area contributed by atoms with Crippen molar-refractivity contribution < 1.29 is 4.79 Å². The first-order valence-electron chi connectivity index (χ1n) is 5.08. The maximum absolute atomic E-state index is 11.5. The van der Waals surface area contributed by atoms with Gasteiger partial charge in [0.05, 0.1) is 11.0 Å². The van der Waals surface area contributed by atoms with E-state index in [1.54, 1.807) is 11.1 Å². The van der Waals surface area contributed by atoms with E-state index in [9.17, 15) is 4.79 Å². The van der Waals surface area contributed by atoms with Crippen LogP contribution in [0.4, 0.5) is 5.82 Å². The van der Waals surface area contributed by atoms with Crippen molar-refractivity contribution in [1.29, 1.82) is 0 Å². The van der Waals surface area contributed by atoms with Crippen LogP contribution in [0.5, 0.6) is 0 Å². The molecule has 88 valence electrons. The molecule has 0 aliphatic rings. The molecule has 0 spiro atoms.